The molecule has 0 N–H and O–H groups in total. The lowest BCUT2D eigenvalue weighted by Gasteiger charge is -2.08. The van der Waals surface area contributed by atoms with Gasteiger partial charge >= 0.3 is 10.1 Å². The van der Waals surface area contributed by atoms with Crippen LogP contribution in [0.2, 0.25) is 0 Å². The van der Waals surface area contributed by atoms with Crippen molar-refractivity contribution < 1.29 is 12.6 Å². The zero-order chi connectivity index (χ0) is 12.2. The van der Waals surface area contributed by atoms with Gasteiger partial charge in [0.2, 0.25) is 0 Å². The summed E-state index contributed by atoms with van der Waals surface area (Å²) in [5, 5.41) is 0. The molecule has 0 fully saturated rings. The SMILES string of the molecule is CC(C)CCS(=O)(=O)Oc1ccc(I)cc1. The molecule has 0 unspecified atom stereocenters. The van der Waals surface area contributed by atoms with Crippen molar-refractivity contribution >= 4 is 32.7 Å². The maximum Gasteiger partial charge on any atom is 0.309 e. The van der Waals surface area contributed by atoms with Crippen LogP contribution in [0.1, 0.15) is 20.3 Å². The molecule has 0 saturated heterocycles. The molecule has 0 aliphatic heterocycles. The summed E-state index contributed by atoms with van der Waals surface area (Å²) >= 11 is 2.15. The van der Waals surface area contributed by atoms with Gasteiger partial charge < -0.3 is 4.18 Å². The Morgan fingerprint density at radius 3 is 2.31 bits per heavy atom. The van der Waals surface area contributed by atoms with Crippen LogP contribution in [-0.2, 0) is 10.1 Å². The lowest BCUT2D eigenvalue weighted by molar-refractivity contribution is 0.477. The van der Waals surface area contributed by atoms with Crippen molar-refractivity contribution in [3.8, 4) is 5.75 Å². The number of benzene rings is 1. The molecule has 0 radical (unpaired) electrons. The topological polar surface area (TPSA) is 43.4 Å². The highest BCUT2D eigenvalue weighted by Crippen LogP contribution is 2.16. The van der Waals surface area contributed by atoms with E-state index in [2.05, 4.69) is 22.6 Å². The van der Waals surface area contributed by atoms with Crippen LogP contribution in [0.4, 0.5) is 0 Å². The monoisotopic (exact) mass is 354 g/mol. The fraction of sp³-hybridized carbons (Fsp3) is 0.455. The van der Waals surface area contributed by atoms with Crippen molar-refractivity contribution in [2.75, 3.05) is 5.75 Å². The van der Waals surface area contributed by atoms with Gasteiger partial charge in [0.15, 0.2) is 0 Å². The van der Waals surface area contributed by atoms with Gasteiger partial charge in [-0.05, 0) is 59.2 Å². The van der Waals surface area contributed by atoms with Gasteiger partial charge in [0.05, 0.1) is 5.75 Å². The predicted molar refractivity (Wildman–Crippen MR) is 73.0 cm³/mol. The van der Waals surface area contributed by atoms with E-state index in [1.807, 2.05) is 26.0 Å². The highest BCUT2D eigenvalue weighted by atomic mass is 127. The van der Waals surface area contributed by atoms with Gasteiger partial charge in [-0.1, -0.05) is 13.8 Å². The molecule has 0 bridgehead atoms. The summed E-state index contributed by atoms with van der Waals surface area (Å²) in [7, 11) is -3.44. The first kappa shape index (κ1) is 13.8. The molecule has 3 nitrogen and oxygen atoms in total. The second-order valence-electron chi connectivity index (χ2n) is 3.98. The van der Waals surface area contributed by atoms with E-state index in [4.69, 9.17) is 4.18 Å². The standard InChI is InChI=1S/C11H15IO3S/c1-9(2)7-8-16(13,14)15-11-5-3-10(12)4-6-11/h3-6,9H,7-8H2,1-2H3. The van der Waals surface area contributed by atoms with Crippen molar-refractivity contribution in [2.24, 2.45) is 5.92 Å². The van der Waals surface area contributed by atoms with Gasteiger partial charge in [-0.15, -0.1) is 0 Å². The Labute approximate surface area is 110 Å². The highest BCUT2D eigenvalue weighted by Gasteiger charge is 2.13. The van der Waals surface area contributed by atoms with Crippen LogP contribution in [0.15, 0.2) is 24.3 Å². The van der Waals surface area contributed by atoms with E-state index in [-0.39, 0.29) is 5.75 Å². The van der Waals surface area contributed by atoms with Gasteiger partial charge in [-0.2, -0.15) is 8.42 Å². The third-order valence-corrected chi connectivity index (χ3v) is 3.88. The lowest BCUT2D eigenvalue weighted by Crippen LogP contribution is -2.15. The minimum atomic E-state index is -3.44. The maximum absolute atomic E-state index is 11.6. The zero-order valence-electron chi connectivity index (χ0n) is 9.31. The molecule has 5 heteroatoms. The molecule has 0 amide bonds. The highest BCUT2D eigenvalue weighted by molar-refractivity contribution is 14.1. The second kappa shape index (κ2) is 5.86. The van der Waals surface area contributed by atoms with E-state index in [0.29, 0.717) is 18.1 Å². The van der Waals surface area contributed by atoms with Crippen LogP contribution in [0.25, 0.3) is 0 Å². The van der Waals surface area contributed by atoms with E-state index in [1.165, 1.54) is 0 Å². The molecule has 1 aromatic rings. The van der Waals surface area contributed by atoms with E-state index in [1.54, 1.807) is 12.1 Å². The molecule has 0 aromatic heterocycles. The third-order valence-electron chi connectivity index (χ3n) is 1.98. The first-order valence-electron chi connectivity index (χ1n) is 5.07. The minimum Gasteiger partial charge on any atom is -0.382 e. The minimum absolute atomic E-state index is 0.0661. The van der Waals surface area contributed by atoms with Crippen LogP contribution in [0, 0.1) is 9.49 Å². The van der Waals surface area contributed by atoms with E-state index in [9.17, 15) is 8.42 Å². The average Bonchev–Trinajstić information content (AvgIpc) is 2.19. The van der Waals surface area contributed by atoms with Crippen molar-refractivity contribution in [3.63, 3.8) is 0 Å². The van der Waals surface area contributed by atoms with Crippen LogP contribution >= 0.6 is 22.6 Å². The molecule has 1 aromatic carbocycles. The Bertz CT molecular complexity index is 423. The number of halogens is 1. The smallest absolute Gasteiger partial charge is 0.309 e. The van der Waals surface area contributed by atoms with E-state index in [0.717, 1.165) is 3.57 Å². The van der Waals surface area contributed by atoms with Crippen molar-refractivity contribution in [1.82, 2.24) is 0 Å². The molecule has 90 valence electrons. The molecule has 0 atom stereocenters. The largest absolute Gasteiger partial charge is 0.382 e. The summed E-state index contributed by atoms with van der Waals surface area (Å²) in [6.45, 7) is 3.97. The Balaban J connectivity index is 2.62. The fourth-order valence-electron chi connectivity index (χ4n) is 1.06. The zero-order valence-corrected chi connectivity index (χ0v) is 12.3. The first-order chi connectivity index (χ1) is 7.39. The van der Waals surface area contributed by atoms with E-state index < -0.39 is 10.1 Å². The maximum atomic E-state index is 11.6. The van der Waals surface area contributed by atoms with Crippen LogP contribution in [0.3, 0.4) is 0 Å². The molecular weight excluding hydrogens is 339 g/mol. The van der Waals surface area contributed by atoms with Crippen LogP contribution < -0.4 is 4.18 Å². The summed E-state index contributed by atoms with van der Waals surface area (Å²) in [6.07, 6.45) is 0.618. The number of rotatable bonds is 5. The van der Waals surface area contributed by atoms with Crippen LogP contribution in [0.5, 0.6) is 5.75 Å². The van der Waals surface area contributed by atoms with Gasteiger partial charge in [0.1, 0.15) is 5.75 Å². The van der Waals surface area contributed by atoms with Crippen molar-refractivity contribution in [1.29, 1.82) is 0 Å². The molecule has 0 spiro atoms. The molecule has 0 saturated carbocycles. The summed E-state index contributed by atoms with van der Waals surface area (Å²) in [5.41, 5.74) is 0. The fourth-order valence-corrected chi connectivity index (χ4v) is 2.67. The Hall–Kier alpha value is -0.300. The Kier molecular flexibility index (Phi) is 5.04. The normalized spacial score (nSPS) is 11.8. The molecule has 0 aliphatic carbocycles. The summed E-state index contributed by atoms with van der Waals surface area (Å²) < 4.78 is 29.2. The molecular formula is C11H15IO3S. The van der Waals surface area contributed by atoms with Crippen molar-refractivity contribution in [3.05, 3.63) is 27.8 Å². The molecule has 16 heavy (non-hydrogen) atoms. The van der Waals surface area contributed by atoms with Gasteiger partial charge in [-0.25, -0.2) is 0 Å². The quantitative estimate of drug-likeness (QED) is 0.603. The van der Waals surface area contributed by atoms with Crippen LogP contribution in [-0.4, -0.2) is 14.2 Å². The van der Waals surface area contributed by atoms with Crippen molar-refractivity contribution in [2.45, 2.75) is 20.3 Å². The Morgan fingerprint density at radius 1 is 1.25 bits per heavy atom. The predicted octanol–water partition coefficient (Wildman–Crippen LogP) is 3.05. The third kappa shape index (κ3) is 5.16. The van der Waals surface area contributed by atoms with Gasteiger partial charge in [0.25, 0.3) is 0 Å². The first-order valence-corrected chi connectivity index (χ1v) is 7.72. The average molecular weight is 354 g/mol. The molecule has 1 rings (SSSR count). The second-order valence-corrected chi connectivity index (χ2v) is 6.92. The summed E-state index contributed by atoms with van der Waals surface area (Å²) in [4.78, 5) is 0. The lowest BCUT2D eigenvalue weighted by atomic mass is 10.2. The number of hydrogen-bond acceptors (Lipinski definition) is 3. The summed E-state index contributed by atoms with van der Waals surface area (Å²) in [5.74, 6) is 0.802. The summed E-state index contributed by atoms with van der Waals surface area (Å²) in [6, 6.07) is 6.95. The molecule has 0 aliphatic rings. The molecule has 0 heterocycles. The Morgan fingerprint density at radius 2 is 1.81 bits per heavy atom. The number of hydrogen-bond donors (Lipinski definition) is 0. The van der Waals surface area contributed by atoms with E-state index >= 15 is 0 Å². The van der Waals surface area contributed by atoms with Gasteiger partial charge in [-0.3, -0.25) is 0 Å². The van der Waals surface area contributed by atoms with Gasteiger partial charge in [0, 0.05) is 3.57 Å².